The number of carbonyl (C=O) groups is 1. The number of fused-ring (bicyclic) bond motifs is 1. The van der Waals surface area contributed by atoms with Gasteiger partial charge in [0, 0.05) is 0 Å². The number of thioether (sulfide) groups is 1. The number of rotatable bonds is 6. The molecule has 0 saturated heterocycles. The molecule has 4 rings (SSSR count). The van der Waals surface area contributed by atoms with E-state index in [1.807, 2.05) is 56.3 Å². The normalized spacial score (nSPS) is 11.3. The third-order valence-corrected chi connectivity index (χ3v) is 5.51. The average Bonchev–Trinajstić information content (AvgIpc) is 3.18. The zero-order chi connectivity index (χ0) is 21.8. The van der Waals surface area contributed by atoms with E-state index in [1.165, 1.54) is 18.0 Å². The number of amides is 1. The van der Waals surface area contributed by atoms with Gasteiger partial charge in [0.05, 0.1) is 28.6 Å². The lowest BCUT2D eigenvalue weighted by Gasteiger charge is -2.14. The summed E-state index contributed by atoms with van der Waals surface area (Å²) in [7, 11) is 0. The van der Waals surface area contributed by atoms with Crippen molar-refractivity contribution in [3.05, 3.63) is 88.1 Å². The van der Waals surface area contributed by atoms with Crippen molar-refractivity contribution in [3.8, 4) is 5.69 Å². The lowest BCUT2D eigenvalue weighted by Crippen LogP contribution is -2.24. The van der Waals surface area contributed by atoms with Gasteiger partial charge in [0.1, 0.15) is 11.5 Å². The van der Waals surface area contributed by atoms with Crippen LogP contribution in [0.25, 0.3) is 16.6 Å². The Bertz CT molecular complexity index is 1340. The quantitative estimate of drug-likeness (QED) is 0.216. The van der Waals surface area contributed by atoms with Gasteiger partial charge in [-0.3, -0.25) is 14.2 Å². The van der Waals surface area contributed by atoms with Crippen LogP contribution in [0.15, 0.2) is 80.1 Å². The summed E-state index contributed by atoms with van der Waals surface area (Å²) in [5.41, 5.74) is 4.56. The van der Waals surface area contributed by atoms with Gasteiger partial charge in [0.2, 0.25) is 0 Å². The van der Waals surface area contributed by atoms with Crippen molar-refractivity contribution in [2.75, 3.05) is 5.75 Å². The first-order valence-electron chi connectivity index (χ1n) is 9.62. The number of aromatic nitrogens is 2. The van der Waals surface area contributed by atoms with Gasteiger partial charge in [-0.25, -0.2) is 10.4 Å². The van der Waals surface area contributed by atoms with Crippen LogP contribution in [0.1, 0.15) is 17.1 Å². The second-order valence-corrected chi connectivity index (χ2v) is 7.81. The van der Waals surface area contributed by atoms with E-state index in [0.29, 0.717) is 21.8 Å². The number of nitrogens with zero attached hydrogens (tertiary/aromatic N) is 3. The largest absolute Gasteiger partial charge is 0.460 e. The van der Waals surface area contributed by atoms with Gasteiger partial charge in [-0.05, 0) is 49.7 Å². The highest BCUT2D eigenvalue weighted by Crippen LogP contribution is 2.23. The van der Waals surface area contributed by atoms with E-state index in [0.717, 1.165) is 17.0 Å². The molecule has 0 spiro atoms. The summed E-state index contributed by atoms with van der Waals surface area (Å²) in [6.07, 6.45) is 1.44. The van der Waals surface area contributed by atoms with Crippen molar-refractivity contribution in [3.63, 3.8) is 0 Å². The number of hydrogen-bond donors (Lipinski definition) is 1. The SMILES string of the molecule is Cc1ccc(/C=N/NC(=O)CSc2nc3ccccc3c(=O)n2-c2ccccc2C)o1. The molecule has 1 N–H and O–H groups in total. The lowest BCUT2D eigenvalue weighted by molar-refractivity contribution is -0.118. The maximum atomic E-state index is 13.3. The van der Waals surface area contributed by atoms with E-state index in [4.69, 9.17) is 4.42 Å². The van der Waals surface area contributed by atoms with Crippen LogP contribution in [0, 0.1) is 13.8 Å². The van der Waals surface area contributed by atoms with Crippen molar-refractivity contribution < 1.29 is 9.21 Å². The van der Waals surface area contributed by atoms with Gasteiger partial charge >= 0.3 is 0 Å². The van der Waals surface area contributed by atoms with Gasteiger partial charge in [-0.1, -0.05) is 42.1 Å². The molecule has 0 radical (unpaired) electrons. The van der Waals surface area contributed by atoms with Crippen LogP contribution in [0.5, 0.6) is 0 Å². The number of hydrogen-bond acceptors (Lipinski definition) is 6. The topological polar surface area (TPSA) is 89.5 Å². The number of nitrogens with one attached hydrogen (secondary N) is 1. The Morgan fingerprint density at radius 1 is 1.13 bits per heavy atom. The molecule has 2 aromatic heterocycles. The highest BCUT2D eigenvalue weighted by molar-refractivity contribution is 7.99. The molecule has 0 unspecified atom stereocenters. The Balaban J connectivity index is 1.60. The molecule has 0 atom stereocenters. The predicted molar refractivity (Wildman–Crippen MR) is 122 cm³/mol. The molecule has 0 fully saturated rings. The van der Waals surface area contributed by atoms with Gasteiger partial charge in [0.15, 0.2) is 5.16 Å². The fourth-order valence-electron chi connectivity index (χ4n) is 3.09. The molecular formula is C23H20N4O3S. The zero-order valence-corrected chi connectivity index (χ0v) is 17.8. The molecule has 1 amide bonds. The molecule has 2 heterocycles. The monoisotopic (exact) mass is 432 g/mol. The van der Waals surface area contributed by atoms with E-state index >= 15 is 0 Å². The molecule has 7 nitrogen and oxygen atoms in total. The third-order valence-electron chi connectivity index (χ3n) is 4.58. The predicted octanol–water partition coefficient (Wildman–Crippen LogP) is 3.84. The smallest absolute Gasteiger partial charge is 0.266 e. The van der Waals surface area contributed by atoms with Crippen molar-refractivity contribution in [2.45, 2.75) is 19.0 Å². The van der Waals surface area contributed by atoms with Crippen LogP contribution < -0.4 is 11.0 Å². The van der Waals surface area contributed by atoms with Crippen LogP contribution >= 0.6 is 11.8 Å². The number of benzene rings is 2. The third kappa shape index (κ3) is 4.59. The molecule has 8 heteroatoms. The molecule has 0 aliphatic heterocycles. The summed E-state index contributed by atoms with van der Waals surface area (Å²) in [6.45, 7) is 3.76. The standard InChI is InChI=1S/C23H20N4O3S/c1-15-7-3-6-10-20(15)27-22(29)18-8-4-5-9-19(18)25-23(27)31-14-21(28)26-24-13-17-12-11-16(2)30-17/h3-13H,14H2,1-2H3,(H,26,28)/b24-13+. The first kappa shape index (κ1) is 20.6. The minimum absolute atomic E-state index is 0.0468. The molecule has 0 saturated carbocycles. The van der Waals surface area contributed by atoms with Crippen molar-refractivity contribution in [1.82, 2.24) is 15.0 Å². The fourth-order valence-corrected chi connectivity index (χ4v) is 3.89. The summed E-state index contributed by atoms with van der Waals surface area (Å²) >= 11 is 1.18. The second kappa shape index (κ2) is 9.01. The van der Waals surface area contributed by atoms with Crippen molar-refractivity contribution >= 4 is 34.8 Å². The van der Waals surface area contributed by atoms with Crippen LogP contribution in [-0.4, -0.2) is 27.4 Å². The molecular weight excluding hydrogens is 412 g/mol. The highest BCUT2D eigenvalue weighted by Gasteiger charge is 2.15. The van der Waals surface area contributed by atoms with E-state index in [-0.39, 0.29) is 17.2 Å². The summed E-state index contributed by atoms with van der Waals surface area (Å²) in [5.74, 6) is 1.05. The summed E-state index contributed by atoms with van der Waals surface area (Å²) in [6, 6.07) is 18.4. The van der Waals surface area contributed by atoms with Crippen molar-refractivity contribution in [2.24, 2.45) is 5.10 Å². The number of para-hydroxylation sites is 2. The Morgan fingerprint density at radius 2 is 1.90 bits per heavy atom. The first-order chi connectivity index (χ1) is 15.0. The minimum Gasteiger partial charge on any atom is -0.460 e. The molecule has 0 aliphatic rings. The van der Waals surface area contributed by atoms with E-state index < -0.39 is 0 Å². The summed E-state index contributed by atoms with van der Waals surface area (Å²) < 4.78 is 6.93. The number of hydrazone groups is 1. The van der Waals surface area contributed by atoms with E-state index in [1.54, 1.807) is 22.8 Å². The Kier molecular flexibility index (Phi) is 5.99. The second-order valence-electron chi connectivity index (χ2n) is 6.87. The summed E-state index contributed by atoms with van der Waals surface area (Å²) in [5, 5.41) is 4.88. The van der Waals surface area contributed by atoms with Crippen molar-refractivity contribution in [1.29, 1.82) is 0 Å². The number of aryl methyl sites for hydroxylation is 2. The number of furan rings is 1. The molecule has 156 valence electrons. The molecule has 2 aromatic carbocycles. The fraction of sp³-hybridized carbons (Fsp3) is 0.130. The van der Waals surface area contributed by atoms with Gasteiger partial charge in [-0.15, -0.1) is 0 Å². The maximum Gasteiger partial charge on any atom is 0.266 e. The highest BCUT2D eigenvalue weighted by atomic mass is 32.2. The average molecular weight is 433 g/mol. The van der Waals surface area contributed by atoms with Crippen LogP contribution in [0.3, 0.4) is 0 Å². The van der Waals surface area contributed by atoms with E-state index in [9.17, 15) is 9.59 Å². The Hall–Kier alpha value is -3.65. The van der Waals surface area contributed by atoms with Gasteiger partial charge in [0.25, 0.3) is 11.5 Å². The Labute approximate surface area is 182 Å². The summed E-state index contributed by atoms with van der Waals surface area (Å²) in [4.78, 5) is 30.2. The lowest BCUT2D eigenvalue weighted by atomic mass is 10.2. The zero-order valence-electron chi connectivity index (χ0n) is 17.0. The molecule has 4 aromatic rings. The molecule has 0 aliphatic carbocycles. The Morgan fingerprint density at radius 3 is 2.68 bits per heavy atom. The first-order valence-corrected chi connectivity index (χ1v) is 10.6. The van der Waals surface area contributed by atoms with Gasteiger partial charge < -0.3 is 4.42 Å². The van der Waals surface area contributed by atoms with Crippen LogP contribution in [-0.2, 0) is 4.79 Å². The minimum atomic E-state index is -0.316. The van der Waals surface area contributed by atoms with Gasteiger partial charge in [-0.2, -0.15) is 5.10 Å². The molecule has 0 bridgehead atoms. The van der Waals surface area contributed by atoms with Crippen LogP contribution in [0.2, 0.25) is 0 Å². The van der Waals surface area contributed by atoms with E-state index in [2.05, 4.69) is 15.5 Å². The maximum absolute atomic E-state index is 13.3. The van der Waals surface area contributed by atoms with Crippen LogP contribution in [0.4, 0.5) is 0 Å². The number of carbonyl (C=O) groups excluding carboxylic acids is 1. The molecule has 31 heavy (non-hydrogen) atoms.